The number of anilines is 1. The Bertz CT molecular complexity index is 818. The number of hydrogen-bond donors (Lipinski definition) is 0. The van der Waals surface area contributed by atoms with E-state index >= 15 is 0 Å². The highest BCUT2D eigenvalue weighted by molar-refractivity contribution is 5.94. The molecule has 136 valence electrons. The van der Waals surface area contributed by atoms with Crippen molar-refractivity contribution in [3.8, 4) is 5.75 Å². The van der Waals surface area contributed by atoms with Gasteiger partial charge in [0.25, 0.3) is 5.91 Å². The van der Waals surface area contributed by atoms with Gasteiger partial charge in [-0.05, 0) is 61.6 Å². The van der Waals surface area contributed by atoms with E-state index in [0.29, 0.717) is 6.54 Å². The number of fused-ring (bicyclic) bond motifs is 2. The Morgan fingerprint density at radius 3 is 2.85 bits per heavy atom. The number of para-hydroxylation sites is 2. The molecule has 4 rings (SSSR count). The van der Waals surface area contributed by atoms with Crippen LogP contribution < -0.4 is 9.64 Å². The maximum Gasteiger partial charge on any atom is 0.253 e. The topological polar surface area (TPSA) is 32.8 Å². The molecule has 2 aromatic rings. The molecule has 2 aromatic carbocycles. The number of aryl methyl sites for hydroxylation is 2. The second-order valence-corrected chi connectivity index (χ2v) is 7.27. The van der Waals surface area contributed by atoms with Crippen LogP contribution in [-0.2, 0) is 12.8 Å². The number of rotatable bonds is 4. The van der Waals surface area contributed by atoms with Crippen molar-refractivity contribution in [2.24, 2.45) is 0 Å². The first kappa shape index (κ1) is 17.0. The van der Waals surface area contributed by atoms with Crippen LogP contribution in [0.4, 0.5) is 5.69 Å². The molecule has 4 nitrogen and oxygen atoms in total. The SMILES string of the molecule is CCN1C[C@H](CN(C)C(=O)c2ccc3c(c2)CCC3)Oc2ccccc21. The van der Waals surface area contributed by atoms with Crippen molar-refractivity contribution in [1.82, 2.24) is 4.90 Å². The number of ether oxygens (including phenoxy) is 1. The highest BCUT2D eigenvalue weighted by Crippen LogP contribution is 2.33. The predicted molar refractivity (Wildman–Crippen MR) is 104 cm³/mol. The van der Waals surface area contributed by atoms with Gasteiger partial charge in [0, 0.05) is 19.2 Å². The molecule has 0 N–H and O–H groups in total. The van der Waals surface area contributed by atoms with Crippen molar-refractivity contribution in [3.63, 3.8) is 0 Å². The normalized spacial score (nSPS) is 18.1. The molecule has 1 heterocycles. The van der Waals surface area contributed by atoms with E-state index in [2.05, 4.69) is 30.0 Å². The van der Waals surface area contributed by atoms with Crippen LogP contribution in [0.1, 0.15) is 34.8 Å². The molecule has 1 atom stereocenters. The Balaban J connectivity index is 1.46. The van der Waals surface area contributed by atoms with Gasteiger partial charge in [0.2, 0.25) is 0 Å². The first-order chi connectivity index (χ1) is 12.7. The van der Waals surface area contributed by atoms with Gasteiger partial charge in [-0.3, -0.25) is 4.79 Å². The Labute approximate surface area is 155 Å². The molecule has 4 heteroatoms. The summed E-state index contributed by atoms with van der Waals surface area (Å²) in [6.45, 7) is 4.47. The van der Waals surface area contributed by atoms with Crippen LogP contribution in [0.2, 0.25) is 0 Å². The monoisotopic (exact) mass is 350 g/mol. The zero-order valence-corrected chi connectivity index (χ0v) is 15.6. The molecule has 0 unspecified atom stereocenters. The van der Waals surface area contributed by atoms with Gasteiger partial charge < -0.3 is 14.5 Å². The standard InChI is InChI=1S/C22H26N2O2/c1-3-24-15-19(26-21-10-5-4-9-20(21)24)14-23(2)22(25)18-12-11-16-7-6-8-17(16)13-18/h4-5,9-13,19H,3,6-8,14-15H2,1-2H3/t19-/m0/s1. The lowest BCUT2D eigenvalue weighted by Gasteiger charge is -2.37. The summed E-state index contributed by atoms with van der Waals surface area (Å²) in [5, 5.41) is 0. The molecule has 0 bridgehead atoms. The minimum Gasteiger partial charge on any atom is -0.485 e. The lowest BCUT2D eigenvalue weighted by atomic mass is 10.1. The first-order valence-electron chi connectivity index (χ1n) is 9.53. The molecule has 26 heavy (non-hydrogen) atoms. The fourth-order valence-corrected chi connectivity index (χ4v) is 4.09. The summed E-state index contributed by atoms with van der Waals surface area (Å²) in [5.74, 6) is 0.981. The molecular formula is C22H26N2O2. The lowest BCUT2D eigenvalue weighted by Crippen LogP contribution is -2.46. The van der Waals surface area contributed by atoms with Crippen LogP contribution in [0.5, 0.6) is 5.75 Å². The Hall–Kier alpha value is -2.49. The fraction of sp³-hybridized carbons (Fsp3) is 0.409. The van der Waals surface area contributed by atoms with Crippen LogP contribution in [0.15, 0.2) is 42.5 Å². The van der Waals surface area contributed by atoms with E-state index in [9.17, 15) is 4.79 Å². The summed E-state index contributed by atoms with van der Waals surface area (Å²) in [4.78, 5) is 17.0. The summed E-state index contributed by atoms with van der Waals surface area (Å²) < 4.78 is 6.16. The number of carbonyl (C=O) groups excluding carboxylic acids is 1. The lowest BCUT2D eigenvalue weighted by molar-refractivity contribution is 0.0709. The number of hydrogen-bond acceptors (Lipinski definition) is 3. The maximum atomic E-state index is 12.9. The zero-order chi connectivity index (χ0) is 18.1. The third-order valence-corrected chi connectivity index (χ3v) is 5.47. The highest BCUT2D eigenvalue weighted by Gasteiger charge is 2.27. The molecular weight excluding hydrogens is 324 g/mol. The van der Waals surface area contributed by atoms with E-state index in [1.807, 2.05) is 31.3 Å². The van der Waals surface area contributed by atoms with Crippen LogP contribution in [-0.4, -0.2) is 43.6 Å². The van der Waals surface area contributed by atoms with Crippen molar-refractivity contribution in [2.45, 2.75) is 32.3 Å². The first-order valence-corrected chi connectivity index (χ1v) is 9.53. The summed E-state index contributed by atoms with van der Waals surface area (Å²) in [7, 11) is 1.87. The number of nitrogens with zero attached hydrogens (tertiary/aromatic N) is 2. The van der Waals surface area contributed by atoms with Crippen molar-refractivity contribution in [2.75, 3.05) is 31.6 Å². The van der Waals surface area contributed by atoms with Crippen LogP contribution in [0, 0.1) is 0 Å². The minimum atomic E-state index is -0.0202. The zero-order valence-electron chi connectivity index (χ0n) is 15.6. The molecule has 0 spiro atoms. The summed E-state index contributed by atoms with van der Waals surface area (Å²) in [6, 6.07) is 14.3. The van der Waals surface area contributed by atoms with Gasteiger partial charge in [0.15, 0.2) is 0 Å². The summed E-state index contributed by atoms with van der Waals surface area (Å²) in [6.07, 6.45) is 3.41. The van der Waals surface area contributed by atoms with Crippen molar-refractivity contribution < 1.29 is 9.53 Å². The molecule has 1 aliphatic carbocycles. The van der Waals surface area contributed by atoms with E-state index in [-0.39, 0.29) is 12.0 Å². The molecule has 0 radical (unpaired) electrons. The smallest absolute Gasteiger partial charge is 0.253 e. The van der Waals surface area contributed by atoms with Gasteiger partial charge in [-0.25, -0.2) is 0 Å². The van der Waals surface area contributed by atoms with E-state index in [1.165, 1.54) is 17.5 Å². The average molecular weight is 350 g/mol. The van der Waals surface area contributed by atoms with E-state index in [1.54, 1.807) is 4.90 Å². The number of likely N-dealkylation sites (N-methyl/N-ethyl adjacent to an activating group) is 2. The van der Waals surface area contributed by atoms with Crippen LogP contribution >= 0.6 is 0 Å². The van der Waals surface area contributed by atoms with Gasteiger partial charge in [-0.15, -0.1) is 0 Å². The highest BCUT2D eigenvalue weighted by atomic mass is 16.5. The molecule has 1 amide bonds. The van der Waals surface area contributed by atoms with Gasteiger partial charge in [0.05, 0.1) is 18.8 Å². The van der Waals surface area contributed by atoms with Crippen LogP contribution in [0.25, 0.3) is 0 Å². The molecule has 0 aromatic heterocycles. The third kappa shape index (κ3) is 3.16. The number of amides is 1. The molecule has 0 fully saturated rings. The maximum absolute atomic E-state index is 12.9. The average Bonchev–Trinajstić information content (AvgIpc) is 3.14. The van der Waals surface area contributed by atoms with Crippen molar-refractivity contribution in [3.05, 3.63) is 59.2 Å². The predicted octanol–water partition coefficient (Wildman–Crippen LogP) is 3.53. The second kappa shape index (κ2) is 7.02. The van der Waals surface area contributed by atoms with Gasteiger partial charge in [-0.2, -0.15) is 0 Å². The van der Waals surface area contributed by atoms with Gasteiger partial charge in [0.1, 0.15) is 11.9 Å². The van der Waals surface area contributed by atoms with Gasteiger partial charge in [-0.1, -0.05) is 18.2 Å². The van der Waals surface area contributed by atoms with Gasteiger partial charge >= 0.3 is 0 Å². The van der Waals surface area contributed by atoms with E-state index < -0.39 is 0 Å². The Morgan fingerprint density at radius 1 is 1.19 bits per heavy atom. The van der Waals surface area contributed by atoms with E-state index in [0.717, 1.165) is 42.9 Å². The molecule has 2 aliphatic rings. The quantitative estimate of drug-likeness (QED) is 0.846. The van der Waals surface area contributed by atoms with E-state index in [4.69, 9.17) is 4.74 Å². The molecule has 0 saturated carbocycles. The Morgan fingerprint density at radius 2 is 2.00 bits per heavy atom. The third-order valence-electron chi connectivity index (χ3n) is 5.47. The fourth-order valence-electron chi connectivity index (χ4n) is 4.09. The van der Waals surface area contributed by atoms with Crippen LogP contribution in [0.3, 0.4) is 0 Å². The number of carbonyl (C=O) groups is 1. The number of benzene rings is 2. The minimum absolute atomic E-state index is 0.0202. The summed E-state index contributed by atoms with van der Waals surface area (Å²) >= 11 is 0. The Kier molecular flexibility index (Phi) is 4.58. The molecule has 0 saturated heterocycles. The van der Waals surface area contributed by atoms with Crippen molar-refractivity contribution in [1.29, 1.82) is 0 Å². The van der Waals surface area contributed by atoms with Crippen molar-refractivity contribution >= 4 is 11.6 Å². The summed E-state index contributed by atoms with van der Waals surface area (Å²) in [5.41, 5.74) is 4.66. The largest absolute Gasteiger partial charge is 0.485 e. The second-order valence-electron chi connectivity index (χ2n) is 7.27. The molecule has 1 aliphatic heterocycles.